The monoisotopic (exact) mass is 397 g/mol. The lowest BCUT2D eigenvalue weighted by Crippen LogP contribution is -2.54. The number of nitrogens with zero attached hydrogens (tertiary/aromatic N) is 4. The van der Waals surface area contributed by atoms with E-state index in [1.165, 1.54) is 0 Å². The molecule has 1 unspecified atom stereocenters. The van der Waals surface area contributed by atoms with Crippen molar-refractivity contribution in [2.75, 3.05) is 38.1 Å². The van der Waals surface area contributed by atoms with Gasteiger partial charge in [-0.05, 0) is 37.3 Å². The van der Waals surface area contributed by atoms with Gasteiger partial charge in [0.1, 0.15) is 5.65 Å². The summed E-state index contributed by atoms with van der Waals surface area (Å²) in [6, 6.07) is 4.39. The van der Waals surface area contributed by atoms with Gasteiger partial charge < -0.3 is 19.7 Å². The number of carbonyl (C=O) groups is 2. The van der Waals surface area contributed by atoms with Gasteiger partial charge in [-0.25, -0.2) is 4.98 Å². The molecule has 2 amide bonds. The molecule has 4 rings (SSSR count). The van der Waals surface area contributed by atoms with E-state index in [1.54, 1.807) is 6.92 Å². The number of likely N-dealkylation sites (tertiary alicyclic amines) is 2. The zero-order chi connectivity index (χ0) is 20.5. The molecule has 0 spiro atoms. The SMILES string of the molecule is CC(=O)N1CCC(C(=O)N2CC[C@@H](C)C(N(C)c3ccnc4[nH]ccc34)C2)CC1. The van der Waals surface area contributed by atoms with Gasteiger partial charge in [0, 0.05) is 75.6 Å². The van der Waals surface area contributed by atoms with Crippen LogP contribution < -0.4 is 4.90 Å². The molecule has 1 N–H and O–H groups in total. The Bertz CT molecular complexity index is 886. The van der Waals surface area contributed by atoms with E-state index in [0.717, 1.165) is 49.1 Å². The maximum absolute atomic E-state index is 13.2. The van der Waals surface area contributed by atoms with Gasteiger partial charge in [-0.15, -0.1) is 0 Å². The molecule has 7 nitrogen and oxygen atoms in total. The molecule has 4 heterocycles. The number of rotatable bonds is 3. The molecule has 2 atom stereocenters. The Morgan fingerprint density at radius 2 is 1.86 bits per heavy atom. The number of carbonyl (C=O) groups excluding carboxylic acids is 2. The number of aromatic nitrogens is 2. The highest BCUT2D eigenvalue weighted by Gasteiger charge is 2.36. The van der Waals surface area contributed by atoms with Crippen molar-refractivity contribution in [1.29, 1.82) is 0 Å². The van der Waals surface area contributed by atoms with Gasteiger partial charge in [0.2, 0.25) is 11.8 Å². The first-order chi connectivity index (χ1) is 14.0. The minimum atomic E-state index is 0.0438. The summed E-state index contributed by atoms with van der Waals surface area (Å²) < 4.78 is 0. The van der Waals surface area contributed by atoms with E-state index in [4.69, 9.17) is 0 Å². The molecule has 0 saturated carbocycles. The van der Waals surface area contributed by atoms with Crippen molar-refractivity contribution >= 4 is 28.5 Å². The van der Waals surface area contributed by atoms with Gasteiger partial charge in [0.25, 0.3) is 0 Å². The number of fused-ring (bicyclic) bond motifs is 1. The number of amides is 2. The Labute approximate surface area is 172 Å². The second-order valence-corrected chi connectivity index (χ2v) is 8.58. The summed E-state index contributed by atoms with van der Waals surface area (Å²) in [5.41, 5.74) is 2.04. The van der Waals surface area contributed by atoms with Gasteiger partial charge >= 0.3 is 0 Å². The number of nitrogens with one attached hydrogen (secondary N) is 1. The Hall–Kier alpha value is -2.57. The topological polar surface area (TPSA) is 72.5 Å². The van der Waals surface area contributed by atoms with Crippen molar-refractivity contribution in [2.24, 2.45) is 11.8 Å². The molecule has 29 heavy (non-hydrogen) atoms. The smallest absolute Gasteiger partial charge is 0.225 e. The molecule has 0 aliphatic carbocycles. The van der Waals surface area contributed by atoms with Crippen LogP contribution in [0.5, 0.6) is 0 Å². The molecule has 2 aliphatic rings. The van der Waals surface area contributed by atoms with Crippen LogP contribution in [0.1, 0.15) is 33.1 Å². The van der Waals surface area contributed by atoms with Crippen molar-refractivity contribution in [3.05, 3.63) is 24.5 Å². The summed E-state index contributed by atoms with van der Waals surface area (Å²) in [4.78, 5) is 38.6. The first-order valence-electron chi connectivity index (χ1n) is 10.6. The van der Waals surface area contributed by atoms with E-state index in [2.05, 4.69) is 45.9 Å². The van der Waals surface area contributed by atoms with Gasteiger partial charge in [-0.2, -0.15) is 0 Å². The lowest BCUT2D eigenvalue weighted by atomic mass is 9.89. The molecule has 156 valence electrons. The zero-order valence-electron chi connectivity index (χ0n) is 17.6. The van der Waals surface area contributed by atoms with Crippen LogP contribution in [0.3, 0.4) is 0 Å². The number of H-pyrrole nitrogens is 1. The summed E-state index contributed by atoms with van der Waals surface area (Å²) in [6.07, 6.45) is 6.32. The van der Waals surface area contributed by atoms with Crippen LogP contribution in [0, 0.1) is 11.8 Å². The van der Waals surface area contributed by atoms with Gasteiger partial charge in [0.15, 0.2) is 0 Å². The second-order valence-electron chi connectivity index (χ2n) is 8.58. The molecule has 2 aromatic rings. The van der Waals surface area contributed by atoms with E-state index in [-0.39, 0.29) is 23.8 Å². The predicted molar refractivity (Wildman–Crippen MR) is 114 cm³/mol. The van der Waals surface area contributed by atoms with Crippen molar-refractivity contribution in [3.8, 4) is 0 Å². The Morgan fingerprint density at radius 3 is 2.59 bits per heavy atom. The highest BCUT2D eigenvalue weighted by atomic mass is 16.2. The van der Waals surface area contributed by atoms with Gasteiger partial charge in [0.05, 0.1) is 0 Å². The van der Waals surface area contributed by atoms with Crippen molar-refractivity contribution in [1.82, 2.24) is 19.8 Å². The van der Waals surface area contributed by atoms with Crippen LogP contribution in [0.15, 0.2) is 24.5 Å². The lowest BCUT2D eigenvalue weighted by molar-refractivity contribution is -0.141. The summed E-state index contributed by atoms with van der Waals surface area (Å²) in [5.74, 6) is 0.922. The highest BCUT2D eigenvalue weighted by molar-refractivity contribution is 5.89. The molecule has 0 bridgehead atoms. The number of likely N-dealkylation sites (N-methyl/N-ethyl adjacent to an activating group) is 1. The van der Waals surface area contributed by atoms with Gasteiger partial charge in [-0.3, -0.25) is 9.59 Å². The van der Waals surface area contributed by atoms with Crippen molar-refractivity contribution in [3.63, 3.8) is 0 Å². The normalized spacial score (nSPS) is 23.4. The molecule has 7 heteroatoms. The van der Waals surface area contributed by atoms with Crippen LogP contribution in [-0.4, -0.2) is 70.9 Å². The number of anilines is 1. The first kappa shape index (κ1) is 19.7. The van der Waals surface area contributed by atoms with Crippen LogP contribution in [0.4, 0.5) is 5.69 Å². The minimum Gasteiger partial charge on any atom is -0.369 e. The summed E-state index contributed by atoms with van der Waals surface area (Å²) >= 11 is 0. The molecule has 2 fully saturated rings. The first-order valence-corrected chi connectivity index (χ1v) is 10.6. The number of hydrogen-bond donors (Lipinski definition) is 1. The lowest BCUT2D eigenvalue weighted by Gasteiger charge is -2.44. The molecule has 2 saturated heterocycles. The van der Waals surface area contributed by atoms with E-state index in [1.807, 2.05) is 17.3 Å². The van der Waals surface area contributed by atoms with E-state index in [9.17, 15) is 9.59 Å². The third-order valence-corrected chi connectivity index (χ3v) is 6.83. The second kappa shape index (κ2) is 8.05. The summed E-state index contributed by atoms with van der Waals surface area (Å²) in [6.45, 7) is 6.85. The molecular weight excluding hydrogens is 366 g/mol. The number of piperidine rings is 2. The fourth-order valence-electron chi connectivity index (χ4n) is 4.89. The predicted octanol–water partition coefficient (Wildman–Crippen LogP) is 2.49. The Balaban J connectivity index is 1.46. The average Bonchev–Trinajstić information content (AvgIpc) is 3.22. The summed E-state index contributed by atoms with van der Waals surface area (Å²) in [7, 11) is 2.13. The standard InChI is InChI=1S/C22H31N5O2/c1-15-6-11-27(22(29)17-7-12-26(13-8-17)16(2)28)14-20(15)25(3)19-5-10-24-21-18(19)4-9-23-21/h4-5,9-10,15,17,20H,6-8,11-14H2,1-3H3,(H,23,24)/t15-,20?/m1/s1. The highest BCUT2D eigenvalue weighted by Crippen LogP contribution is 2.31. The van der Waals surface area contributed by atoms with Crippen molar-refractivity contribution in [2.45, 2.75) is 39.2 Å². The van der Waals surface area contributed by atoms with Crippen molar-refractivity contribution < 1.29 is 9.59 Å². The van der Waals surface area contributed by atoms with Crippen LogP contribution in [0.2, 0.25) is 0 Å². The quantitative estimate of drug-likeness (QED) is 0.864. The Kier molecular flexibility index (Phi) is 5.48. The average molecular weight is 398 g/mol. The molecule has 0 radical (unpaired) electrons. The van der Waals surface area contributed by atoms with Crippen LogP contribution >= 0.6 is 0 Å². The number of pyridine rings is 1. The van der Waals surface area contributed by atoms with E-state index in [0.29, 0.717) is 19.0 Å². The number of hydrogen-bond acceptors (Lipinski definition) is 4. The Morgan fingerprint density at radius 1 is 1.14 bits per heavy atom. The van der Waals surface area contributed by atoms with Gasteiger partial charge in [-0.1, -0.05) is 6.92 Å². The molecular formula is C22H31N5O2. The maximum atomic E-state index is 13.2. The number of aromatic amines is 1. The fourth-order valence-corrected chi connectivity index (χ4v) is 4.89. The zero-order valence-corrected chi connectivity index (χ0v) is 17.6. The fraction of sp³-hybridized carbons (Fsp3) is 0.591. The van der Waals surface area contributed by atoms with E-state index < -0.39 is 0 Å². The molecule has 2 aromatic heterocycles. The maximum Gasteiger partial charge on any atom is 0.225 e. The van der Waals surface area contributed by atoms with Crippen LogP contribution in [-0.2, 0) is 9.59 Å². The van der Waals surface area contributed by atoms with Crippen LogP contribution in [0.25, 0.3) is 11.0 Å². The largest absolute Gasteiger partial charge is 0.369 e. The third-order valence-electron chi connectivity index (χ3n) is 6.83. The molecule has 2 aliphatic heterocycles. The summed E-state index contributed by atoms with van der Waals surface area (Å²) in [5, 5.41) is 1.11. The van der Waals surface area contributed by atoms with E-state index >= 15 is 0 Å². The third kappa shape index (κ3) is 3.82. The minimum absolute atomic E-state index is 0.0438. The molecule has 0 aromatic carbocycles.